The van der Waals surface area contributed by atoms with Crippen LogP contribution in [0.3, 0.4) is 0 Å². The van der Waals surface area contributed by atoms with Crippen molar-refractivity contribution < 1.29 is 4.79 Å². The molecule has 4 rings (SSSR count). The van der Waals surface area contributed by atoms with Crippen LogP contribution >= 0.6 is 0 Å². The molecule has 1 N–H and O–H groups in total. The van der Waals surface area contributed by atoms with Gasteiger partial charge in [0.2, 0.25) is 5.91 Å². The van der Waals surface area contributed by atoms with Gasteiger partial charge in [0.05, 0.1) is 12.1 Å². The van der Waals surface area contributed by atoms with Gasteiger partial charge in [-0.1, -0.05) is 49.3 Å². The average Bonchev–Trinajstić information content (AvgIpc) is 3.25. The molecule has 1 fully saturated rings. The molecule has 1 amide bonds. The third-order valence-electron chi connectivity index (χ3n) is 5.16. The highest BCUT2D eigenvalue weighted by atomic mass is 16.1. The number of nitrogens with one attached hydrogen (secondary N) is 1. The van der Waals surface area contributed by atoms with Crippen molar-refractivity contribution in [2.75, 3.05) is 0 Å². The Morgan fingerprint density at radius 1 is 1.21 bits per heavy atom. The normalized spacial score (nSPS) is 15.6. The van der Waals surface area contributed by atoms with Crippen molar-refractivity contribution in [3.05, 3.63) is 54.7 Å². The van der Waals surface area contributed by atoms with Crippen molar-refractivity contribution in [3.8, 4) is 11.8 Å². The molecule has 3 aromatic rings. The van der Waals surface area contributed by atoms with Gasteiger partial charge < -0.3 is 5.32 Å². The first kappa shape index (κ1) is 18.2. The first-order chi connectivity index (χ1) is 13.7. The minimum absolute atomic E-state index is 0.00309. The van der Waals surface area contributed by atoms with Gasteiger partial charge in [0.1, 0.15) is 18.2 Å². The summed E-state index contributed by atoms with van der Waals surface area (Å²) in [5, 5.41) is 8.32. The van der Waals surface area contributed by atoms with Gasteiger partial charge in [-0.25, -0.2) is 4.98 Å². The second-order valence-electron chi connectivity index (χ2n) is 7.27. The molecular weight excluding hydrogens is 350 g/mol. The number of hydrogen-bond donors (Lipinski definition) is 1. The predicted molar refractivity (Wildman–Crippen MR) is 107 cm³/mol. The lowest BCUT2D eigenvalue weighted by Crippen LogP contribution is -2.49. The Bertz CT molecular complexity index is 1010. The van der Waals surface area contributed by atoms with E-state index in [2.05, 4.69) is 38.3 Å². The molecule has 0 unspecified atom stereocenters. The number of benzene rings is 1. The standard InChI is InChI=1S/C22H23N5O/c28-21(9-13-27-17-23-16-25-27)26-22(10-4-1-5-11-22)12-8-18-14-19-6-2-3-7-20(19)24-15-18/h2-3,6-7,14-17H,1,4-5,9-11,13H2,(H,26,28). The molecule has 1 aliphatic rings. The summed E-state index contributed by atoms with van der Waals surface area (Å²) in [6, 6.07) is 10.1. The van der Waals surface area contributed by atoms with E-state index >= 15 is 0 Å². The summed E-state index contributed by atoms with van der Waals surface area (Å²) in [5.74, 6) is 6.65. The minimum atomic E-state index is -0.455. The number of pyridine rings is 1. The number of carbonyl (C=O) groups excluding carboxylic acids is 1. The molecular formula is C22H23N5O. The van der Waals surface area contributed by atoms with Crippen molar-refractivity contribution in [2.24, 2.45) is 0 Å². The molecule has 0 atom stereocenters. The summed E-state index contributed by atoms with van der Waals surface area (Å²) in [6.07, 6.45) is 10.4. The van der Waals surface area contributed by atoms with Crippen LogP contribution in [0.5, 0.6) is 0 Å². The van der Waals surface area contributed by atoms with Crippen molar-refractivity contribution in [1.82, 2.24) is 25.1 Å². The van der Waals surface area contributed by atoms with E-state index in [0.29, 0.717) is 13.0 Å². The first-order valence-electron chi connectivity index (χ1n) is 9.74. The van der Waals surface area contributed by atoms with Gasteiger partial charge in [-0.05, 0) is 25.0 Å². The lowest BCUT2D eigenvalue weighted by atomic mass is 9.82. The predicted octanol–water partition coefficient (Wildman–Crippen LogP) is 3.09. The Morgan fingerprint density at radius 3 is 2.89 bits per heavy atom. The number of aryl methyl sites for hydroxylation is 1. The fraction of sp³-hybridized carbons (Fsp3) is 0.364. The number of para-hydroxylation sites is 1. The maximum atomic E-state index is 12.5. The zero-order valence-corrected chi connectivity index (χ0v) is 15.8. The number of carbonyl (C=O) groups is 1. The van der Waals surface area contributed by atoms with E-state index < -0.39 is 5.54 Å². The zero-order valence-electron chi connectivity index (χ0n) is 15.8. The maximum Gasteiger partial charge on any atom is 0.223 e. The lowest BCUT2D eigenvalue weighted by molar-refractivity contribution is -0.123. The van der Waals surface area contributed by atoms with Gasteiger partial charge in [0.25, 0.3) is 0 Å². The lowest BCUT2D eigenvalue weighted by Gasteiger charge is -2.33. The smallest absolute Gasteiger partial charge is 0.223 e. The third kappa shape index (κ3) is 4.37. The number of hydrogen-bond acceptors (Lipinski definition) is 4. The molecule has 1 aromatic carbocycles. The highest BCUT2D eigenvalue weighted by molar-refractivity contribution is 5.80. The molecule has 28 heavy (non-hydrogen) atoms. The Kier molecular flexibility index (Phi) is 5.34. The van der Waals surface area contributed by atoms with E-state index in [9.17, 15) is 4.79 Å². The Morgan fingerprint density at radius 2 is 2.07 bits per heavy atom. The van der Waals surface area contributed by atoms with Gasteiger partial charge in [0.15, 0.2) is 0 Å². The monoisotopic (exact) mass is 373 g/mol. The number of rotatable bonds is 4. The van der Waals surface area contributed by atoms with Gasteiger partial charge in [-0.15, -0.1) is 0 Å². The highest BCUT2D eigenvalue weighted by Crippen LogP contribution is 2.28. The van der Waals surface area contributed by atoms with Crippen molar-refractivity contribution in [1.29, 1.82) is 0 Å². The van der Waals surface area contributed by atoms with E-state index in [0.717, 1.165) is 42.1 Å². The summed E-state index contributed by atoms with van der Waals surface area (Å²) >= 11 is 0. The maximum absolute atomic E-state index is 12.5. The average molecular weight is 373 g/mol. The molecule has 0 aliphatic heterocycles. The summed E-state index contributed by atoms with van der Waals surface area (Å²) in [7, 11) is 0. The van der Waals surface area contributed by atoms with Gasteiger partial charge in [-0.3, -0.25) is 14.5 Å². The Hall–Kier alpha value is -3.20. The molecule has 6 heteroatoms. The summed E-state index contributed by atoms with van der Waals surface area (Å²) in [4.78, 5) is 20.9. The second-order valence-corrected chi connectivity index (χ2v) is 7.27. The van der Waals surface area contributed by atoms with E-state index in [1.807, 2.05) is 24.3 Å². The SMILES string of the molecule is O=C(CCn1cncn1)NC1(C#Cc2cnc3ccccc3c2)CCCCC1. The van der Waals surface area contributed by atoms with E-state index in [-0.39, 0.29) is 5.91 Å². The molecule has 0 radical (unpaired) electrons. The van der Waals surface area contributed by atoms with Gasteiger partial charge >= 0.3 is 0 Å². The van der Waals surface area contributed by atoms with Crippen LogP contribution < -0.4 is 5.32 Å². The van der Waals surface area contributed by atoms with Gasteiger partial charge in [-0.2, -0.15) is 5.10 Å². The minimum Gasteiger partial charge on any atom is -0.340 e. The first-order valence-corrected chi connectivity index (χ1v) is 9.74. The van der Waals surface area contributed by atoms with Crippen LogP contribution in [-0.2, 0) is 11.3 Å². The molecule has 142 valence electrons. The van der Waals surface area contributed by atoms with Crippen molar-refractivity contribution >= 4 is 16.8 Å². The molecule has 1 saturated carbocycles. The molecule has 0 spiro atoms. The van der Waals surface area contributed by atoms with Crippen LogP contribution in [0.4, 0.5) is 0 Å². The van der Waals surface area contributed by atoms with Crippen LogP contribution in [0.25, 0.3) is 10.9 Å². The number of aromatic nitrogens is 4. The van der Waals surface area contributed by atoms with Crippen molar-refractivity contribution in [2.45, 2.75) is 50.6 Å². The van der Waals surface area contributed by atoms with E-state index in [1.165, 1.54) is 12.7 Å². The molecule has 2 heterocycles. The summed E-state index contributed by atoms with van der Waals surface area (Å²) in [5.41, 5.74) is 1.38. The fourth-order valence-electron chi connectivity index (χ4n) is 3.66. The molecule has 2 aromatic heterocycles. The largest absolute Gasteiger partial charge is 0.340 e. The van der Waals surface area contributed by atoms with Crippen LogP contribution in [0, 0.1) is 11.8 Å². The number of nitrogens with zero attached hydrogens (tertiary/aromatic N) is 4. The van der Waals surface area contributed by atoms with Crippen molar-refractivity contribution in [3.63, 3.8) is 0 Å². The van der Waals surface area contributed by atoms with E-state index in [1.54, 1.807) is 17.2 Å². The van der Waals surface area contributed by atoms with Crippen LogP contribution in [0.15, 0.2) is 49.2 Å². The van der Waals surface area contributed by atoms with Crippen LogP contribution in [-0.4, -0.2) is 31.2 Å². The van der Waals surface area contributed by atoms with Gasteiger partial charge in [0, 0.05) is 23.6 Å². The van der Waals surface area contributed by atoms with Crippen LogP contribution in [0.1, 0.15) is 44.1 Å². The molecule has 6 nitrogen and oxygen atoms in total. The summed E-state index contributed by atoms with van der Waals surface area (Å²) in [6.45, 7) is 0.518. The topological polar surface area (TPSA) is 72.7 Å². The Balaban J connectivity index is 1.50. The highest BCUT2D eigenvalue weighted by Gasteiger charge is 2.31. The summed E-state index contributed by atoms with van der Waals surface area (Å²) < 4.78 is 1.67. The molecule has 0 saturated heterocycles. The number of fused-ring (bicyclic) bond motifs is 1. The second kappa shape index (κ2) is 8.22. The zero-order chi connectivity index (χ0) is 19.2. The van der Waals surface area contributed by atoms with Crippen LogP contribution in [0.2, 0.25) is 0 Å². The molecule has 1 aliphatic carbocycles. The quantitative estimate of drug-likeness (QED) is 0.714. The van der Waals surface area contributed by atoms with E-state index in [4.69, 9.17) is 0 Å². The molecule has 0 bridgehead atoms. The fourth-order valence-corrected chi connectivity index (χ4v) is 3.66. The number of amides is 1. The Labute approximate surface area is 164 Å². The third-order valence-corrected chi connectivity index (χ3v) is 5.16.